The fourth-order valence-electron chi connectivity index (χ4n) is 2.73. The van der Waals surface area contributed by atoms with Crippen LogP contribution in [-0.4, -0.2) is 68.1 Å². The molecule has 0 radical (unpaired) electrons. The molecule has 0 bridgehead atoms. The monoisotopic (exact) mass is 465 g/mol. The van der Waals surface area contributed by atoms with Crippen LogP contribution in [0.1, 0.15) is 23.6 Å². The van der Waals surface area contributed by atoms with Gasteiger partial charge in [0, 0.05) is 55.6 Å². The Kier molecular flexibility index (Phi) is 10.9. The van der Waals surface area contributed by atoms with E-state index in [-0.39, 0.29) is 24.0 Å². The van der Waals surface area contributed by atoms with Gasteiger partial charge in [-0.05, 0) is 32.5 Å². The molecule has 7 heteroatoms. The molecule has 138 valence electrons. The third-order valence-electron chi connectivity index (χ3n) is 4.17. The Labute approximate surface area is 167 Å². The van der Waals surface area contributed by atoms with E-state index < -0.39 is 0 Å². The molecule has 1 aliphatic rings. The number of hydrogen-bond donors (Lipinski definition) is 2. The van der Waals surface area contributed by atoms with Gasteiger partial charge < -0.3 is 15.5 Å². The summed E-state index contributed by atoms with van der Waals surface area (Å²) < 4.78 is 0. The number of aliphatic imine (C=N–C) groups is 1. The molecule has 0 aromatic carbocycles. The number of aryl methyl sites for hydroxylation is 1. The SMILES string of the molecule is CCNC(=NCc1ccc(C)s1)NCCN1CCN(CC)CC1.I. The van der Waals surface area contributed by atoms with Crippen molar-refractivity contribution in [3.05, 3.63) is 21.9 Å². The number of likely N-dealkylation sites (N-methyl/N-ethyl adjacent to an activating group) is 1. The van der Waals surface area contributed by atoms with Crippen LogP contribution in [0.4, 0.5) is 0 Å². The van der Waals surface area contributed by atoms with Crippen molar-refractivity contribution in [3.8, 4) is 0 Å². The first kappa shape index (κ1) is 21.7. The third kappa shape index (κ3) is 7.67. The summed E-state index contributed by atoms with van der Waals surface area (Å²) in [5, 5.41) is 6.79. The Morgan fingerprint density at radius 2 is 1.83 bits per heavy atom. The van der Waals surface area contributed by atoms with Gasteiger partial charge in [-0.25, -0.2) is 4.99 Å². The van der Waals surface area contributed by atoms with E-state index in [0.717, 1.165) is 32.1 Å². The molecule has 2 heterocycles. The number of piperazine rings is 1. The number of thiophene rings is 1. The van der Waals surface area contributed by atoms with Crippen LogP contribution in [-0.2, 0) is 6.54 Å². The molecule has 1 aromatic heterocycles. The van der Waals surface area contributed by atoms with E-state index in [2.05, 4.69) is 58.3 Å². The van der Waals surface area contributed by atoms with Crippen LogP contribution < -0.4 is 10.6 Å². The smallest absolute Gasteiger partial charge is 0.191 e. The first-order chi connectivity index (χ1) is 11.2. The molecule has 24 heavy (non-hydrogen) atoms. The summed E-state index contributed by atoms with van der Waals surface area (Å²) >= 11 is 1.82. The summed E-state index contributed by atoms with van der Waals surface area (Å²) in [6.45, 7) is 16.1. The topological polar surface area (TPSA) is 42.9 Å². The lowest BCUT2D eigenvalue weighted by Crippen LogP contribution is -2.49. The lowest BCUT2D eigenvalue weighted by atomic mass is 10.3. The maximum absolute atomic E-state index is 4.68. The van der Waals surface area contributed by atoms with E-state index in [1.54, 1.807) is 0 Å². The molecule has 5 nitrogen and oxygen atoms in total. The van der Waals surface area contributed by atoms with Gasteiger partial charge in [-0.1, -0.05) is 6.92 Å². The molecule has 0 spiro atoms. The number of hydrogen-bond acceptors (Lipinski definition) is 4. The van der Waals surface area contributed by atoms with Crippen molar-refractivity contribution in [2.45, 2.75) is 27.3 Å². The van der Waals surface area contributed by atoms with Crippen molar-refractivity contribution >= 4 is 41.3 Å². The fraction of sp³-hybridized carbons (Fsp3) is 0.706. The highest BCUT2D eigenvalue weighted by Crippen LogP contribution is 2.15. The van der Waals surface area contributed by atoms with Gasteiger partial charge in [0.2, 0.25) is 0 Å². The molecule has 0 unspecified atom stereocenters. The molecule has 1 aromatic rings. The third-order valence-corrected chi connectivity index (χ3v) is 5.15. The number of nitrogens with one attached hydrogen (secondary N) is 2. The molecular formula is C17H32IN5S. The van der Waals surface area contributed by atoms with Crippen LogP contribution >= 0.6 is 35.3 Å². The number of guanidine groups is 1. The molecule has 1 aliphatic heterocycles. The maximum atomic E-state index is 4.68. The minimum absolute atomic E-state index is 0. The molecule has 1 saturated heterocycles. The van der Waals surface area contributed by atoms with E-state index in [1.165, 1.54) is 42.5 Å². The summed E-state index contributed by atoms with van der Waals surface area (Å²) in [5.74, 6) is 0.922. The highest BCUT2D eigenvalue weighted by Gasteiger charge is 2.14. The molecule has 0 saturated carbocycles. The predicted molar refractivity (Wildman–Crippen MR) is 116 cm³/mol. The van der Waals surface area contributed by atoms with E-state index in [9.17, 15) is 0 Å². The van der Waals surface area contributed by atoms with Gasteiger partial charge in [0.05, 0.1) is 6.54 Å². The van der Waals surface area contributed by atoms with Crippen molar-refractivity contribution in [3.63, 3.8) is 0 Å². The van der Waals surface area contributed by atoms with Gasteiger partial charge in [0.25, 0.3) is 0 Å². The van der Waals surface area contributed by atoms with Gasteiger partial charge in [-0.2, -0.15) is 0 Å². The molecule has 2 rings (SSSR count). The van der Waals surface area contributed by atoms with Gasteiger partial charge in [0.15, 0.2) is 5.96 Å². The van der Waals surface area contributed by atoms with Gasteiger partial charge >= 0.3 is 0 Å². The first-order valence-electron chi connectivity index (χ1n) is 8.73. The quantitative estimate of drug-likeness (QED) is 0.369. The van der Waals surface area contributed by atoms with E-state index in [0.29, 0.717) is 0 Å². The number of nitrogens with zero attached hydrogens (tertiary/aromatic N) is 3. The average Bonchev–Trinajstić information content (AvgIpc) is 2.99. The van der Waals surface area contributed by atoms with Crippen molar-refractivity contribution in [2.24, 2.45) is 4.99 Å². The Balaban J connectivity index is 0.00000288. The molecular weight excluding hydrogens is 433 g/mol. The van der Waals surface area contributed by atoms with E-state index >= 15 is 0 Å². The second-order valence-corrected chi connectivity index (χ2v) is 7.28. The van der Waals surface area contributed by atoms with Crippen LogP contribution in [0.5, 0.6) is 0 Å². The summed E-state index contributed by atoms with van der Waals surface area (Å²) in [7, 11) is 0. The highest BCUT2D eigenvalue weighted by atomic mass is 127. The van der Waals surface area contributed by atoms with E-state index in [1.807, 2.05) is 11.3 Å². The molecule has 1 fully saturated rings. The first-order valence-corrected chi connectivity index (χ1v) is 9.55. The van der Waals surface area contributed by atoms with Crippen LogP contribution in [0.2, 0.25) is 0 Å². The zero-order chi connectivity index (χ0) is 16.5. The van der Waals surface area contributed by atoms with Crippen molar-refractivity contribution in [2.75, 3.05) is 52.4 Å². The largest absolute Gasteiger partial charge is 0.357 e. The minimum Gasteiger partial charge on any atom is -0.357 e. The minimum atomic E-state index is 0. The lowest BCUT2D eigenvalue weighted by molar-refractivity contribution is 0.139. The van der Waals surface area contributed by atoms with Crippen LogP contribution in [0.15, 0.2) is 17.1 Å². The average molecular weight is 465 g/mol. The van der Waals surface area contributed by atoms with Crippen LogP contribution in [0.25, 0.3) is 0 Å². The number of halogens is 1. The molecule has 0 atom stereocenters. The molecule has 0 amide bonds. The van der Waals surface area contributed by atoms with Crippen molar-refractivity contribution in [1.29, 1.82) is 0 Å². The summed E-state index contributed by atoms with van der Waals surface area (Å²) in [6.07, 6.45) is 0. The Morgan fingerprint density at radius 3 is 2.42 bits per heavy atom. The number of rotatable bonds is 7. The molecule has 0 aliphatic carbocycles. The summed E-state index contributed by atoms with van der Waals surface area (Å²) in [4.78, 5) is 12.4. The van der Waals surface area contributed by atoms with Crippen molar-refractivity contribution in [1.82, 2.24) is 20.4 Å². The Hall–Kier alpha value is -0.380. The lowest BCUT2D eigenvalue weighted by Gasteiger charge is -2.34. The zero-order valence-corrected chi connectivity index (χ0v) is 18.3. The van der Waals surface area contributed by atoms with Crippen LogP contribution in [0, 0.1) is 6.92 Å². The summed E-state index contributed by atoms with van der Waals surface area (Å²) in [5.41, 5.74) is 0. The van der Waals surface area contributed by atoms with E-state index in [4.69, 9.17) is 0 Å². The fourth-order valence-corrected chi connectivity index (χ4v) is 3.55. The van der Waals surface area contributed by atoms with Gasteiger partial charge in [-0.3, -0.25) is 4.90 Å². The van der Waals surface area contributed by atoms with Gasteiger partial charge in [0.1, 0.15) is 0 Å². The van der Waals surface area contributed by atoms with Gasteiger partial charge in [-0.15, -0.1) is 35.3 Å². The van der Waals surface area contributed by atoms with Crippen LogP contribution in [0.3, 0.4) is 0 Å². The molecule has 2 N–H and O–H groups in total. The normalized spacial score (nSPS) is 16.7. The second-order valence-electron chi connectivity index (χ2n) is 5.91. The zero-order valence-electron chi connectivity index (χ0n) is 15.2. The second kappa shape index (κ2) is 12.1. The Bertz CT molecular complexity index is 483. The van der Waals surface area contributed by atoms with Crippen molar-refractivity contribution < 1.29 is 0 Å². The standard InChI is InChI=1S/C17H31N5S.HI/c1-4-18-17(20-14-16-7-6-15(3)23-16)19-8-9-22-12-10-21(5-2)11-13-22;/h6-7H,4-5,8-14H2,1-3H3,(H2,18,19,20);1H. The predicted octanol–water partition coefficient (Wildman–Crippen LogP) is 2.37. The summed E-state index contributed by atoms with van der Waals surface area (Å²) in [6, 6.07) is 4.33. The highest BCUT2D eigenvalue weighted by molar-refractivity contribution is 14.0. The Morgan fingerprint density at radius 1 is 1.12 bits per heavy atom. The maximum Gasteiger partial charge on any atom is 0.191 e.